The van der Waals surface area contributed by atoms with E-state index >= 15 is 0 Å². The summed E-state index contributed by atoms with van der Waals surface area (Å²) in [5, 5.41) is 9.30. The highest BCUT2D eigenvalue weighted by atomic mass is 32.2. The smallest absolute Gasteiger partial charge is 0.387 e. The number of halogens is 3. The monoisotopic (exact) mass is 325 g/mol. The number of primary sulfonamides is 1. The van der Waals surface area contributed by atoms with E-state index in [1.807, 2.05) is 0 Å². The van der Waals surface area contributed by atoms with E-state index in [1.165, 1.54) is 13.1 Å². The minimum atomic E-state index is -4.62. The molecule has 0 saturated carbocycles. The Morgan fingerprint density at radius 1 is 1.33 bits per heavy atom. The highest BCUT2D eigenvalue weighted by molar-refractivity contribution is 7.89. The van der Waals surface area contributed by atoms with Crippen molar-refractivity contribution >= 4 is 21.6 Å². The van der Waals surface area contributed by atoms with Crippen LogP contribution in [-0.2, 0) is 16.2 Å². The first-order valence-corrected chi connectivity index (χ1v) is 7.44. The topological polar surface area (TPSA) is 101 Å². The van der Waals surface area contributed by atoms with E-state index in [9.17, 15) is 26.4 Å². The Morgan fingerprint density at radius 3 is 2.43 bits per heavy atom. The molecular weight excluding hydrogens is 311 g/mol. The minimum absolute atomic E-state index is 0.234. The molecule has 0 unspecified atom stereocenters. The van der Waals surface area contributed by atoms with Crippen molar-refractivity contribution in [3.63, 3.8) is 0 Å². The summed E-state index contributed by atoms with van der Waals surface area (Å²) < 4.78 is 59.9. The third kappa shape index (κ3) is 4.90. The van der Waals surface area contributed by atoms with Gasteiger partial charge in [-0.2, -0.15) is 13.2 Å². The lowest BCUT2D eigenvalue weighted by atomic mass is 10.1. The molecule has 0 aromatic heterocycles. The number of amides is 1. The molecule has 1 aromatic carbocycles. The second-order valence-electron chi connectivity index (χ2n) is 4.10. The molecule has 6 nitrogen and oxygen atoms in total. The van der Waals surface area contributed by atoms with Gasteiger partial charge >= 0.3 is 6.18 Å². The Kier molecular flexibility index (Phi) is 5.18. The van der Waals surface area contributed by atoms with Gasteiger partial charge in [0.05, 0.1) is 22.6 Å². The van der Waals surface area contributed by atoms with Crippen LogP contribution in [0.4, 0.5) is 18.9 Å². The maximum Gasteiger partial charge on any atom is 0.418 e. The summed E-state index contributed by atoms with van der Waals surface area (Å²) in [6.45, 7) is -0.295. The zero-order chi connectivity index (χ0) is 16.3. The van der Waals surface area contributed by atoms with Gasteiger partial charge < -0.3 is 10.6 Å². The van der Waals surface area contributed by atoms with Gasteiger partial charge in [-0.15, -0.1) is 0 Å². The molecule has 1 rings (SSSR count). The van der Waals surface area contributed by atoms with E-state index in [2.05, 4.69) is 10.6 Å². The molecule has 10 heteroatoms. The van der Waals surface area contributed by atoms with Crippen LogP contribution in [0.15, 0.2) is 18.2 Å². The molecule has 0 saturated heterocycles. The summed E-state index contributed by atoms with van der Waals surface area (Å²) in [4.78, 5) is 11.8. The average molecular weight is 325 g/mol. The molecule has 0 heterocycles. The van der Waals surface area contributed by atoms with Crippen molar-refractivity contribution < 1.29 is 26.4 Å². The van der Waals surface area contributed by atoms with Crippen LogP contribution in [0.3, 0.4) is 0 Å². The van der Waals surface area contributed by atoms with Crippen molar-refractivity contribution in [1.82, 2.24) is 5.32 Å². The van der Waals surface area contributed by atoms with Gasteiger partial charge in [-0.05, 0) is 12.1 Å². The molecule has 21 heavy (non-hydrogen) atoms. The molecule has 0 bridgehead atoms. The third-order valence-electron chi connectivity index (χ3n) is 2.54. The van der Waals surface area contributed by atoms with E-state index in [0.717, 1.165) is 12.1 Å². The third-order valence-corrected chi connectivity index (χ3v) is 3.31. The maximum atomic E-state index is 12.8. The summed E-state index contributed by atoms with van der Waals surface area (Å²) in [5.41, 5.74) is -1.59. The standard InChI is InChI=1S/C11H14F3N3O3S/c1-16-9-7(3-2-4-8(9)11(12,13)14)10(18)17-5-6-21(15,19)20/h2-4,16H,5-6H2,1H3,(H,17,18)(H2,15,19,20). The van der Waals surface area contributed by atoms with Crippen LogP contribution in [-0.4, -0.2) is 33.7 Å². The van der Waals surface area contributed by atoms with Crippen molar-refractivity contribution in [3.8, 4) is 0 Å². The molecule has 1 aromatic rings. The minimum Gasteiger partial charge on any atom is -0.387 e. The van der Waals surface area contributed by atoms with Gasteiger partial charge in [-0.1, -0.05) is 6.07 Å². The predicted octanol–water partition coefficient (Wildman–Crippen LogP) is 0.765. The predicted molar refractivity (Wildman–Crippen MR) is 71.3 cm³/mol. The molecule has 0 aliphatic heterocycles. The first-order valence-electron chi connectivity index (χ1n) is 5.73. The number of rotatable bonds is 5. The summed E-state index contributed by atoms with van der Waals surface area (Å²) in [7, 11) is -2.50. The van der Waals surface area contributed by atoms with E-state index in [-0.39, 0.29) is 17.8 Å². The van der Waals surface area contributed by atoms with Crippen molar-refractivity contribution in [2.24, 2.45) is 5.14 Å². The van der Waals surface area contributed by atoms with Gasteiger partial charge in [-0.3, -0.25) is 4.79 Å². The van der Waals surface area contributed by atoms with Crippen LogP contribution in [0.25, 0.3) is 0 Å². The molecular formula is C11H14F3N3O3S. The van der Waals surface area contributed by atoms with E-state index < -0.39 is 33.4 Å². The summed E-state index contributed by atoms with van der Waals surface area (Å²) in [5.74, 6) is -1.33. The second kappa shape index (κ2) is 6.31. The molecule has 0 atom stereocenters. The summed E-state index contributed by atoms with van der Waals surface area (Å²) >= 11 is 0. The van der Waals surface area contributed by atoms with Crippen LogP contribution >= 0.6 is 0 Å². The van der Waals surface area contributed by atoms with Gasteiger partial charge in [0.25, 0.3) is 5.91 Å². The number of nitrogens with one attached hydrogen (secondary N) is 2. The Labute approximate surface area is 119 Å². The first-order chi connectivity index (χ1) is 9.56. The van der Waals surface area contributed by atoms with Crippen molar-refractivity contribution in [2.45, 2.75) is 6.18 Å². The maximum absolute atomic E-state index is 12.8. The van der Waals surface area contributed by atoms with Gasteiger partial charge in [0.1, 0.15) is 0 Å². The quantitative estimate of drug-likeness (QED) is 0.744. The molecule has 0 aliphatic carbocycles. The lowest BCUT2D eigenvalue weighted by Gasteiger charge is -2.16. The van der Waals surface area contributed by atoms with Crippen molar-refractivity contribution in [1.29, 1.82) is 0 Å². The first kappa shape index (κ1) is 17.2. The number of anilines is 1. The lowest BCUT2D eigenvalue weighted by molar-refractivity contribution is -0.136. The Balaban J connectivity index is 3.00. The van der Waals surface area contributed by atoms with Gasteiger partial charge in [0.2, 0.25) is 10.0 Å². The highest BCUT2D eigenvalue weighted by Crippen LogP contribution is 2.36. The molecule has 0 aliphatic rings. The lowest BCUT2D eigenvalue weighted by Crippen LogP contribution is -2.32. The Morgan fingerprint density at radius 2 is 1.95 bits per heavy atom. The van der Waals surface area contributed by atoms with E-state index in [1.54, 1.807) is 0 Å². The zero-order valence-electron chi connectivity index (χ0n) is 11.0. The van der Waals surface area contributed by atoms with Crippen LogP contribution in [0.5, 0.6) is 0 Å². The molecule has 0 fully saturated rings. The zero-order valence-corrected chi connectivity index (χ0v) is 11.8. The highest BCUT2D eigenvalue weighted by Gasteiger charge is 2.34. The molecule has 118 valence electrons. The van der Waals surface area contributed by atoms with Crippen LogP contribution in [0.1, 0.15) is 15.9 Å². The molecule has 0 radical (unpaired) electrons. The number of alkyl halides is 3. The molecule has 4 N–H and O–H groups in total. The number of hydrogen-bond donors (Lipinski definition) is 3. The fourth-order valence-corrected chi connectivity index (χ4v) is 2.04. The van der Waals surface area contributed by atoms with Crippen molar-refractivity contribution in [2.75, 3.05) is 24.7 Å². The number of nitrogens with two attached hydrogens (primary N) is 1. The summed E-state index contributed by atoms with van der Waals surface area (Å²) in [6, 6.07) is 3.14. The molecule has 0 spiro atoms. The SMILES string of the molecule is CNc1c(C(=O)NCCS(N)(=O)=O)cccc1C(F)(F)F. The van der Waals surface area contributed by atoms with Crippen molar-refractivity contribution in [3.05, 3.63) is 29.3 Å². The van der Waals surface area contributed by atoms with Crippen LogP contribution in [0, 0.1) is 0 Å². The average Bonchev–Trinajstić information content (AvgIpc) is 2.35. The van der Waals surface area contributed by atoms with Gasteiger partial charge in [0.15, 0.2) is 0 Å². The van der Waals surface area contributed by atoms with Gasteiger partial charge in [0, 0.05) is 13.6 Å². The number of hydrogen-bond acceptors (Lipinski definition) is 4. The summed E-state index contributed by atoms with van der Waals surface area (Å²) in [6.07, 6.45) is -4.62. The number of benzene rings is 1. The second-order valence-corrected chi connectivity index (χ2v) is 5.83. The van der Waals surface area contributed by atoms with Crippen LogP contribution in [0.2, 0.25) is 0 Å². The molecule has 1 amide bonds. The Bertz CT molecular complexity index is 629. The van der Waals surface area contributed by atoms with Gasteiger partial charge in [-0.25, -0.2) is 13.6 Å². The fourth-order valence-electron chi connectivity index (χ4n) is 1.65. The van der Waals surface area contributed by atoms with Crippen LogP contribution < -0.4 is 15.8 Å². The van der Waals surface area contributed by atoms with E-state index in [4.69, 9.17) is 5.14 Å². The number of carbonyl (C=O) groups excluding carboxylic acids is 1. The Hall–Kier alpha value is -1.81. The fraction of sp³-hybridized carbons (Fsp3) is 0.364. The van der Waals surface area contributed by atoms with E-state index in [0.29, 0.717) is 0 Å². The normalized spacial score (nSPS) is 12.0. The largest absolute Gasteiger partial charge is 0.418 e. The number of carbonyl (C=O) groups is 1. The number of para-hydroxylation sites is 1. The number of sulfonamides is 1.